The molecule has 0 heterocycles. The fourth-order valence-electron chi connectivity index (χ4n) is 3.72. The molecule has 0 spiro atoms. The summed E-state index contributed by atoms with van der Waals surface area (Å²) >= 11 is 0. The Kier molecular flexibility index (Phi) is 8.86. The van der Waals surface area contributed by atoms with E-state index in [1.165, 1.54) is 31.2 Å². The normalized spacial score (nSPS) is 18.5. The molecule has 2 aliphatic rings. The van der Waals surface area contributed by atoms with Gasteiger partial charge in [0.15, 0.2) is 5.96 Å². The molecule has 27 heavy (non-hydrogen) atoms. The fourth-order valence-corrected chi connectivity index (χ4v) is 3.72. The summed E-state index contributed by atoms with van der Waals surface area (Å²) in [6.07, 6.45) is 7.63. The molecule has 0 atom stereocenters. The predicted octanol–water partition coefficient (Wildman–Crippen LogP) is 3.34. The van der Waals surface area contributed by atoms with Crippen LogP contribution in [0.4, 0.5) is 0 Å². The van der Waals surface area contributed by atoms with Crippen molar-refractivity contribution in [3.63, 3.8) is 0 Å². The van der Waals surface area contributed by atoms with Gasteiger partial charge in [0.2, 0.25) is 5.91 Å². The van der Waals surface area contributed by atoms with Gasteiger partial charge in [0.1, 0.15) is 0 Å². The van der Waals surface area contributed by atoms with Crippen LogP contribution in [0, 0.1) is 0 Å². The second-order valence-corrected chi connectivity index (χ2v) is 7.57. The molecule has 2 fully saturated rings. The Labute approximate surface area is 180 Å². The molecule has 0 radical (unpaired) electrons. The molecule has 1 amide bonds. The molecule has 0 bridgehead atoms. The molecule has 3 N–H and O–H groups in total. The molecule has 6 heteroatoms. The Bertz CT molecular complexity index is 610. The number of guanidine groups is 1. The number of benzene rings is 1. The largest absolute Gasteiger partial charge is 0.357 e. The molecule has 2 saturated carbocycles. The van der Waals surface area contributed by atoms with E-state index in [-0.39, 0.29) is 35.3 Å². The van der Waals surface area contributed by atoms with Crippen LogP contribution in [0.5, 0.6) is 0 Å². The first-order valence-electron chi connectivity index (χ1n) is 10.1. The summed E-state index contributed by atoms with van der Waals surface area (Å²) in [5.41, 5.74) is 1.60. The van der Waals surface area contributed by atoms with Gasteiger partial charge in [0.05, 0.1) is 6.54 Å². The number of hydrogen-bond acceptors (Lipinski definition) is 2. The maximum Gasteiger partial charge on any atom is 0.221 e. The van der Waals surface area contributed by atoms with E-state index in [0.717, 1.165) is 31.9 Å². The number of nitrogens with zero attached hydrogens (tertiary/aromatic N) is 1. The third-order valence-corrected chi connectivity index (χ3v) is 5.49. The molecule has 0 unspecified atom stereocenters. The highest BCUT2D eigenvalue weighted by molar-refractivity contribution is 14.0. The van der Waals surface area contributed by atoms with Gasteiger partial charge in [-0.1, -0.05) is 43.2 Å². The van der Waals surface area contributed by atoms with Gasteiger partial charge in [0.25, 0.3) is 0 Å². The number of carbonyl (C=O) groups excluding carboxylic acids is 1. The maximum atomic E-state index is 12.0. The third kappa shape index (κ3) is 6.66. The molecule has 0 aromatic heterocycles. The molecule has 0 saturated heterocycles. The Balaban J connectivity index is 0.00000261. The van der Waals surface area contributed by atoms with Crippen molar-refractivity contribution < 1.29 is 4.79 Å². The van der Waals surface area contributed by atoms with Crippen molar-refractivity contribution in [2.75, 3.05) is 19.6 Å². The zero-order valence-electron chi connectivity index (χ0n) is 16.3. The molecular formula is C21H33IN4O. The quantitative estimate of drug-likeness (QED) is 0.301. The van der Waals surface area contributed by atoms with Crippen molar-refractivity contribution in [2.45, 2.75) is 63.3 Å². The van der Waals surface area contributed by atoms with Crippen LogP contribution >= 0.6 is 24.0 Å². The second kappa shape index (κ2) is 10.9. The summed E-state index contributed by atoms with van der Waals surface area (Å²) in [5.74, 6) is 0.951. The van der Waals surface area contributed by atoms with E-state index in [0.29, 0.717) is 19.0 Å². The average molecular weight is 484 g/mol. The summed E-state index contributed by atoms with van der Waals surface area (Å²) < 4.78 is 0. The standard InChI is InChI=1S/C21H32N4O.HI/c1-2-22-20(23-15-12-19(26)25-18-10-6-7-11-18)24-16-21(13-14-21)17-8-4-3-5-9-17;/h3-5,8-9,18H,2,6-7,10-16H2,1H3,(H,25,26)(H2,22,23,24);1H. The molecular weight excluding hydrogens is 451 g/mol. The minimum atomic E-state index is 0. The van der Waals surface area contributed by atoms with E-state index in [4.69, 9.17) is 4.99 Å². The lowest BCUT2D eigenvalue weighted by atomic mass is 9.96. The van der Waals surface area contributed by atoms with Crippen molar-refractivity contribution in [1.82, 2.24) is 16.0 Å². The topological polar surface area (TPSA) is 65.5 Å². The van der Waals surface area contributed by atoms with E-state index in [9.17, 15) is 4.79 Å². The molecule has 5 nitrogen and oxygen atoms in total. The summed E-state index contributed by atoms with van der Waals surface area (Å²) in [4.78, 5) is 16.8. The highest BCUT2D eigenvalue weighted by Crippen LogP contribution is 2.48. The van der Waals surface area contributed by atoms with Crippen molar-refractivity contribution in [3.8, 4) is 0 Å². The summed E-state index contributed by atoms with van der Waals surface area (Å²) in [5, 5.41) is 9.73. The van der Waals surface area contributed by atoms with Gasteiger partial charge in [-0.2, -0.15) is 0 Å². The number of halogens is 1. The number of nitrogens with one attached hydrogen (secondary N) is 3. The second-order valence-electron chi connectivity index (χ2n) is 7.57. The zero-order valence-corrected chi connectivity index (χ0v) is 18.6. The Morgan fingerprint density at radius 3 is 2.48 bits per heavy atom. The number of hydrogen-bond donors (Lipinski definition) is 3. The molecule has 0 aliphatic heterocycles. The maximum absolute atomic E-state index is 12.0. The summed E-state index contributed by atoms with van der Waals surface area (Å²) in [7, 11) is 0. The van der Waals surface area contributed by atoms with E-state index < -0.39 is 0 Å². The fraction of sp³-hybridized carbons (Fsp3) is 0.619. The molecule has 1 aromatic carbocycles. The van der Waals surface area contributed by atoms with E-state index in [1.54, 1.807) is 0 Å². The lowest BCUT2D eigenvalue weighted by Gasteiger charge is -2.16. The first-order chi connectivity index (χ1) is 12.7. The Morgan fingerprint density at radius 1 is 1.15 bits per heavy atom. The minimum absolute atomic E-state index is 0. The summed E-state index contributed by atoms with van der Waals surface area (Å²) in [6.45, 7) is 4.29. The van der Waals surface area contributed by atoms with Crippen LogP contribution in [0.1, 0.15) is 57.4 Å². The van der Waals surface area contributed by atoms with Crippen molar-refractivity contribution in [1.29, 1.82) is 0 Å². The molecule has 3 rings (SSSR count). The van der Waals surface area contributed by atoms with Gasteiger partial charge in [-0.25, -0.2) is 0 Å². The van der Waals surface area contributed by atoms with Crippen LogP contribution in [-0.2, 0) is 10.2 Å². The third-order valence-electron chi connectivity index (χ3n) is 5.49. The van der Waals surface area contributed by atoms with Crippen LogP contribution < -0.4 is 16.0 Å². The van der Waals surface area contributed by atoms with E-state index in [1.807, 2.05) is 0 Å². The molecule has 1 aromatic rings. The van der Waals surface area contributed by atoms with Crippen molar-refractivity contribution >= 4 is 35.8 Å². The summed E-state index contributed by atoms with van der Waals surface area (Å²) in [6, 6.07) is 11.1. The van der Waals surface area contributed by atoms with Crippen LogP contribution in [0.2, 0.25) is 0 Å². The lowest BCUT2D eigenvalue weighted by Crippen LogP contribution is -2.40. The first kappa shape index (κ1) is 22.0. The van der Waals surface area contributed by atoms with Crippen LogP contribution in [-0.4, -0.2) is 37.5 Å². The Morgan fingerprint density at radius 2 is 1.85 bits per heavy atom. The predicted molar refractivity (Wildman–Crippen MR) is 122 cm³/mol. The van der Waals surface area contributed by atoms with Gasteiger partial charge in [-0.05, 0) is 38.2 Å². The SMILES string of the molecule is CCNC(=NCC1(c2ccccc2)CC1)NCCC(=O)NC1CCCC1.I. The molecule has 150 valence electrons. The number of rotatable bonds is 8. The average Bonchev–Trinajstić information content (AvgIpc) is 3.29. The highest BCUT2D eigenvalue weighted by atomic mass is 127. The van der Waals surface area contributed by atoms with Gasteiger partial charge < -0.3 is 16.0 Å². The zero-order chi connectivity index (χ0) is 18.2. The Hall–Kier alpha value is -1.31. The van der Waals surface area contributed by atoms with Gasteiger partial charge in [-0.3, -0.25) is 9.79 Å². The highest BCUT2D eigenvalue weighted by Gasteiger charge is 2.43. The van der Waals surface area contributed by atoms with E-state index in [2.05, 4.69) is 53.2 Å². The van der Waals surface area contributed by atoms with E-state index >= 15 is 0 Å². The van der Waals surface area contributed by atoms with Crippen LogP contribution in [0.15, 0.2) is 35.3 Å². The molecule has 2 aliphatic carbocycles. The van der Waals surface area contributed by atoms with Gasteiger partial charge >= 0.3 is 0 Å². The monoisotopic (exact) mass is 484 g/mol. The van der Waals surface area contributed by atoms with Crippen LogP contribution in [0.3, 0.4) is 0 Å². The lowest BCUT2D eigenvalue weighted by molar-refractivity contribution is -0.121. The number of amides is 1. The first-order valence-corrected chi connectivity index (χ1v) is 10.1. The van der Waals surface area contributed by atoms with Crippen molar-refractivity contribution in [3.05, 3.63) is 35.9 Å². The van der Waals surface area contributed by atoms with Crippen LogP contribution in [0.25, 0.3) is 0 Å². The number of carbonyl (C=O) groups is 1. The van der Waals surface area contributed by atoms with Gasteiger partial charge in [-0.15, -0.1) is 24.0 Å². The van der Waals surface area contributed by atoms with Crippen molar-refractivity contribution in [2.24, 2.45) is 4.99 Å². The smallest absolute Gasteiger partial charge is 0.221 e. The minimum Gasteiger partial charge on any atom is -0.357 e. The van der Waals surface area contributed by atoms with Gasteiger partial charge in [0, 0.05) is 31.0 Å². The number of aliphatic imine (C=N–C) groups is 1.